The van der Waals surface area contributed by atoms with E-state index in [9.17, 15) is 14.4 Å². The summed E-state index contributed by atoms with van der Waals surface area (Å²) in [6.07, 6.45) is 2.11. The number of imide groups is 1. The van der Waals surface area contributed by atoms with Crippen LogP contribution in [-0.2, 0) is 9.59 Å². The zero-order chi connectivity index (χ0) is 12.1. The second-order valence-electron chi connectivity index (χ2n) is 3.89. The molecular weight excluding hydrogens is 212 g/mol. The van der Waals surface area contributed by atoms with Crippen LogP contribution in [0.1, 0.15) is 25.7 Å². The minimum Gasteiger partial charge on any atom is -0.481 e. The minimum atomic E-state index is -0.812. The van der Waals surface area contributed by atoms with E-state index in [1.165, 1.54) is 9.80 Å². The summed E-state index contributed by atoms with van der Waals surface area (Å²) < 4.78 is 0. The molecule has 0 aromatic rings. The fourth-order valence-electron chi connectivity index (χ4n) is 1.61. The molecule has 0 saturated carbocycles. The number of hydrogen-bond acceptors (Lipinski definition) is 3. The Balaban J connectivity index is 2.20. The monoisotopic (exact) mass is 228 g/mol. The van der Waals surface area contributed by atoms with Crippen molar-refractivity contribution in [3.05, 3.63) is 0 Å². The Morgan fingerprint density at radius 2 is 2.00 bits per heavy atom. The summed E-state index contributed by atoms with van der Waals surface area (Å²) in [4.78, 5) is 35.6. The van der Waals surface area contributed by atoms with Crippen LogP contribution < -0.4 is 0 Å². The second kappa shape index (κ2) is 5.48. The number of carbonyl (C=O) groups is 3. The zero-order valence-corrected chi connectivity index (χ0v) is 9.31. The first-order chi connectivity index (χ1) is 7.52. The Hall–Kier alpha value is -1.59. The lowest BCUT2D eigenvalue weighted by Crippen LogP contribution is -2.32. The van der Waals surface area contributed by atoms with Gasteiger partial charge < -0.3 is 10.0 Å². The number of carbonyl (C=O) groups excluding carboxylic acids is 2. The highest BCUT2D eigenvalue weighted by molar-refractivity contribution is 6.01. The van der Waals surface area contributed by atoms with Crippen LogP contribution in [0.3, 0.4) is 0 Å². The fourth-order valence-corrected chi connectivity index (χ4v) is 1.61. The van der Waals surface area contributed by atoms with Gasteiger partial charge in [0.2, 0.25) is 5.91 Å². The van der Waals surface area contributed by atoms with Gasteiger partial charge in [0.05, 0.1) is 0 Å². The molecule has 0 spiro atoms. The lowest BCUT2D eigenvalue weighted by Gasteiger charge is -2.13. The van der Waals surface area contributed by atoms with Crippen LogP contribution in [-0.4, -0.2) is 53.0 Å². The van der Waals surface area contributed by atoms with Crippen molar-refractivity contribution in [1.29, 1.82) is 0 Å². The van der Waals surface area contributed by atoms with Crippen LogP contribution in [0.2, 0.25) is 0 Å². The van der Waals surface area contributed by atoms with Gasteiger partial charge in [-0.2, -0.15) is 0 Å². The smallest absolute Gasteiger partial charge is 0.326 e. The Bertz CT molecular complexity index is 303. The average Bonchev–Trinajstić information content (AvgIpc) is 2.43. The number of urea groups is 1. The molecule has 1 heterocycles. The molecule has 90 valence electrons. The number of amides is 3. The highest BCUT2D eigenvalue weighted by Crippen LogP contribution is 2.10. The van der Waals surface area contributed by atoms with Crippen LogP contribution in [0, 0.1) is 0 Å². The minimum absolute atomic E-state index is 0.141. The summed E-state index contributed by atoms with van der Waals surface area (Å²) in [6.45, 7) is 0.537. The summed E-state index contributed by atoms with van der Waals surface area (Å²) in [5.41, 5.74) is 0. The third kappa shape index (κ3) is 3.22. The van der Waals surface area contributed by atoms with Gasteiger partial charge in [-0.25, -0.2) is 4.79 Å². The van der Waals surface area contributed by atoms with Gasteiger partial charge in [-0.05, 0) is 12.8 Å². The van der Waals surface area contributed by atoms with Crippen molar-refractivity contribution >= 4 is 17.9 Å². The van der Waals surface area contributed by atoms with Crippen LogP contribution in [0.25, 0.3) is 0 Å². The maximum atomic E-state index is 11.4. The van der Waals surface area contributed by atoms with Gasteiger partial charge in [0.25, 0.3) is 0 Å². The predicted molar refractivity (Wildman–Crippen MR) is 55.8 cm³/mol. The van der Waals surface area contributed by atoms with E-state index in [-0.39, 0.29) is 24.9 Å². The van der Waals surface area contributed by atoms with Crippen molar-refractivity contribution in [2.24, 2.45) is 0 Å². The molecule has 0 unspecified atom stereocenters. The number of hydrogen-bond donors (Lipinski definition) is 1. The van der Waals surface area contributed by atoms with Crippen molar-refractivity contribution in [1.82, 2.24) is 9.80 Å². The molecule has 1 N–H and O–H groups in total. The van der Waals surface area contributed by atoms with E-state index in [0.717, 1.165) is 0 Å². The molecule has 0 aliphatic carbocycles. The molecule has 1 rings (SSSR count). The Labute approximate surface area is 93.8 Å². The maximum Gasteiger partial charge on any atom is 0.326 e. The normalized spacial score (nSPS) is 16.1. The molecule has 1 aliphatic heterocycles. The Kier molecular flexibility index (Phi) is 4.28. The molecule has 1 fully saturated rings. The van der Waals surface area contributed by atoms with Crippen molar-refractivity contribution in [2.75, 3.05) is 20.1 Å². The van der Waals surface area contributed by atoms with Gasteiger partial charge in [-0.3, -0.25) is 14.5 Å². The Morgan fingerprint density at radius 1 is 1.31 bits per heavy atom. The SMILES string of the molecule is CN1CC(=O)N(CCCCCC(=O)O)C1=O. The van der Waals surface area contributed by atoms with Gasteiger partial charge in [-0.1, -0.05) is 6.42 Å². The first-order valence-corrected chi connectivity index (χ1v) is 5.29. The molecule has 1 saturated heterocycles. The quantitative estimate of drug-likeness (QED) is 0.531. The van der Waals surface area contributed by atoms with E-state index in [4.69, 9.17) is 5.11 Å². The van der Waals surface area contributed by atoms with Crippen LogP contribution in [0.15, 0.2) is 0 Å². The van der Waals surface area contributed by atoms with E-state index in [2.05, 4.69) is 0 Å². The number of carboxylic acids is 1. The number of aliphatic carboxylic acids is 1. The standard InChI is InChI=1S/C10H16N2O4/c1-11-7-8(13)12(10(11)16)6-4-2-3-5-9(14)15/h2-7H2,1H3,(H,14,15). The molecule has 0 radical (unpaired) electrons. The van der Waals surface area contributed by atoms with Crippen LogP contribution in [0.4, 0.5) is 4.79 Å². The van der Waals surface area contributed by atoms with E-state index in [0.29, 0.717) is 25.8 Å². The van der Waals surface area contributed by atoms with E-state index in [1.54, 1.807) is 7.05 Å². The molecule has 0 bridgehead atoms. The van der Waals surface area contributed by atoms with Crippen LogP contribution in [0.5, 0.6) is 0 Å². The summed E-state index contributed by atoms with van der Waals surface area (Å²) in [5, 5.41) is 8.42. The van der Waals surface area contributed by atoms with Crippen molar-refractivity contribution in [3.8, 4) is 0 Å². The van der Waals surface area contributed by atoms with Gasteiger partial charge in [0.1, 0.15) is 6.54 Å². The average molecular weight is 228 g/mol. The van der Waals surface area contributed by atoms with E-state index >= 15 is 0 Å². The lowest BCUT2D eigenvalue weighted by molar-refractivity contribution is -0.137. The van der Waals surface area contributed by atoms with Gasteiger partial charge >= 0.3 is 12.0 Å². The summed E-state index contributed by atoms with van der Waals surface area (Å²) in [5.74, 6) is -0.987. The second-order valence-corrected chi connectivity index (χ2v) is 3.89. The molecular formula is C10H16N2O4. The van der Waals surface area contributed by atoms with Gasteiger partial charge in [-0.15, -0.1) is 0 Å². The number of unbranched alkanes of at least 4 members (excludes halogenated alkanes) is 2. The first kappa shape index (κ1) is 12.5. The molecule has 6 nitrogen and oxygen atoms in total. The maximum absolute atomic E-state index is 11.4. The van der Waals surface area contributed by atoms with Crippen molar-refractivity contribution in [3.63, 3.8) is 0 Å². The first-order valence-electron chi connectivity index (χ1n) is 5.29. The molecule has 3 amide bonds. The van der Waals surface area contributed by atoms with E-state index in [1.807, 2.05) is 0 Å². The molecule has 0 aromatic heterocycles. The summed E-state index contributed by atoms with van der Waals surface area (Å²) in [6, 6.07) is -0.261. The Morgan fingerprint density at radius 3 is 2.50 bits per heavy atom. The number of rotatable bonds is 6. The fraction of sp³-hybridized carbons (Fsp3) is 0.700. The lowest BCUT2D eigenvalue weighted by atomic mass is 10.2. The molecule has 0 aromatic carbocycles. The number of nitrogens with zero attached hydrogens (tertiary/aromatic N) is 2. The highest BCUT2D eigenvalue weighted by atomic mass is 16.4. The van der Waals surface area contributed by atoms with Crippen molar-refractivity contribution < 1.29 is 19.5 Å². The van der Waals surface area contributed by atoms with Gasteiger partial charge in [0, 0.05) is 20.0 Å². The largest absolute Gasteiger partial charge is 0.481 e. The van der Waals surface area contributed by atoms with Gasteiger partial charge in [0.15, 0.2) is 0 Å². The molecule has 0 atom stereocenters. The molecule has 6 heteroatoms. The third-order valence-electron chi connectivity index (χ3n) is 2.50. The zero-order valence-electron chi connectivity index (χ0n) is 9.31. The number of carboxylic acid groups (broad SMARTS) is 1. The summed E-state index contributed by atoms with van der Waals surface area (Å²) in [7, 11) is 1.59. The summed E-state index contributed by atoms with van der Waals surface area (Å²) >= 11 is 0. The number of likely N-dealkylation sites (N-methyl/N-ethyl adjacent to an activating group) is 1. The van der Waals surface area contributed by atoms with Crippen molar-refractivity contribution in [2.45, 2.75) is 25.7 Å². The highest BCUT2D eigenvalue weighted by Gasteiger charge is 2.32. The van der Waals surface area contributed by atoms with Crippen LogP contribution >= 0.6 is 0 Å². The third-order valence-corrected chi connectivity index (χ3v) is 2.50. The molecule has 16 heavy (non-hydrogen) atoms. The predicted octanol–water partition coefficient (Wildman–Crippen LogP) is 0.525. The van der Waals surface area contributed by atoms with E-state index < -0.39 is 5.97 Å². The topological polar surface area (TPSA) is 77.9 Å². The molecule has 1 aliphatic rings.